The van der Waals surface area contributed by atoms with E-state index < -0.39 is 6.03 Å². The number of aromatic nitrogens is 2. The Morgan fingerprint density at radius 3 is 2.56 bits per heavy atom. The zero-order valence-corrected chi connectivity index (χ0v) is 15.6. The predicted octanol–water partition coefficient (Wildman–Crippen LogP) is 4.23. The molecule has 2 heterocycles. The molecular weight excluding hydrogens is 349 g/mol. The van der Waals surface area contributed by atoms with Crippen LogP contribution in [0.4, 0.5) is 20.8 Å². The Bertz CT molecular complexity index is 953. The quantitative estimate of drug-likeness (QED) is 0.624. The van der Waals surface area contributed by atoms with E-state index in [-0.39, 0.29) is 17.8 Å². The van der Waals surface area contributed by atoms with Crippen molar-refractivity contribution in [2.24, 2.45) is 5.92 Å². The van der Waals surface area contributed by atoms with Crippen LogP contribution in [-0.2, 0) is 0 Å². The van der Waals surface area contributed by atoms with Gasteiger partial charge >= 0.3 is 6.03 Å². The van der Waals surface area contributed by atoms with E-state index in [0.717, 1.165) is 5.56 Å². The fourth-order valence-corrected chi connectivity index (χ4v) is 2.87. The fraction of sp³-hybridized carbons (Fsp3) is 0.316. The van der Waals surface area contributed by atoms with Crippen LogP contribution in [0.3, 0.4) is 0 Å². The van der Waals surface area contributed by atoms with E-state index in [4.69, 9.17) is 4.42 Å². The molecule has 2 aromatic heterocycles. The number of fused-ring (bicyclic) bond motifs is 1. The summed E-state index contributed by atoms with van der Waals surface area (Å²) >= 11 is 0. The Morgan fingerprint density at radius 1 is 1.22 bits per heavy atom. The van der Waals surface area contributed by atoms with Crippen LogP contribution in [0.1, 0.15) is 31.2 Å². The summed E-state index contributed by atoms with van der Waals surface area (Å²) in [4.78, 5) is 20.6. The predicted molar refractivity (Wildman–Crippen MR) is 102 cm³/mol. The van der Waals surface area contributed by atoms with Crippen LogP contribution in [0.25, 0.3) is 11.0 Å². The number of aryl methyl sites for hydroxylation is 1. The molecule has 142 valence electrons. The van der Waals surface area contributed by atoms with Crippen LogP contribution in [0.2, 0.25) is 0 Å². The average molecular weight is 371 g/mol. The minimum absolute atomic E-state index is 0.0581. The first kappa shape index (κ1) is 18.6. The molecule has 7 nitrogen and oxygen atoms in total. The monoisotopic (exact) mass is 371 g/mol. The maximum atomic E-state index is 13.6. The molecule has 3 N–H and O–H groups in total. The van der Waals surface area contributed by atoms with Crippen molar-refractivity contribution in [2.45, 2.75) is 26.8 Å². The van der Waals surface area contributed by atoms with Crippen LogP contribution < -0.4 is 16.0 Å². The Morgan fingerprint density at radius 2 is 1.93 bits per heavy atom. The summed E-state index contributed by atoms with van der Waals surface area (Å²) < 4.78 is 19.5. The summed E-state index contributed by atoms with van der Waals surface area (Å²) in [5, 5.41) is 9.14. The molecule has 27 heavy (non-hydrogen) atoms. The van der Waals surface area contributed by atoms with Crippen LogP contribution in [0.5, 0.6) is 0 Å². The standard InChI is InChI=1S/C19H22FN5O2/c1-10(2)16(17-11(3)14-7-12(20)5-6-15(14)27-17)25-19(26)24-13-8-22-18(21-4)23-9-13/h5-10,16H,1-4H3,(H,21,22,23)(H2,24,25,26)/t16-/m0/s1. The van der Waals surface area contributed by atoms with Crippen molar-refractivity contribution in [2.75, 3.05) is 17.7 Å². The number of furan rings is 1. The van der Waals surface area contributed by atoms with Gasteiger partial charge in [0.2, 0.25) is 5.95 Å². The topological polar surface area (TPSA) is 92.1 Å². The Labute approximate surface area is 156 Å². The number of nitrogens with zero attached hydrogens (tertiary/aromatic N) is 2. The zero-order valence-electron chi connectivity index (χ0n) is 15.6. The Balaban J connectivity index is 1.81. The SMILES string of the molecule is CNc1ncc(NC(=O)N[C@H](c2oc3ccc(F)cc3c2C)C(C)C)cn1. The van der Waals surface area contributed by atoms with Gasteiger partial charge in [-0.25, -0.2) is 19.2 Å². The highest BCUT2D eigenvalue weighted by Crippen LogP contribution is 2.33. The van der Waals surface area contributed by atoms with Gasteiger partial charge in [-0.1, -0.05) is 13.8 Å². The van der Waals surface area contributed by atoms with Crippen molar-refractivity contribution >= 4 is 28.6 Å². The van der Waals surface area contributed by atoms with Crippen LogP contribution in [0.15, 0.2) is 35.0 Å². The van der Waals surface area contributed by atoms with Crippen LogP contribution in [-0.4, -0.2) is 23.0 Å². The molecule has 0 radical (unpaired) electrons. The molecule has 0 saturated carbocycles. The van der Waals surface area contributed by atoms with E-state index in [1.165, 1.54) is 24.5 Å². The van der Waals surface area contributed by atoms with Gasteiger partial charge in [-0.2, -0.15) is 0 Å². The van der Waals surface area contributed by atoms with E-state index >= 15 is 0 Å². The second-order valence-electron chi connectivity index (χ2n) is 6.60. The highest BCUT2D eigenvalue weighted by Gasteiger charge is 2.25. The highest BCUT2D eigenvalue weighted by atomic mass is 19.1. The van der Waals surface area contributed by atoms with Crippen molar-refractivity contribution in [1.29, 1.82) is 0 Å². The molecule has 0 aliphatic rings. The molecule has 1 atom stereocenters. The molecule has 1 aromatic carbocycles. The second kappa shape index (κ2) is 7.61. The number of urea groups is 1. The summed E-state index contributed by atoms with van der Waals surface area (Å²) in [6.07, 6.45) is 3.02. The van der Waals surface area contributed by atoms with Crippen molar-refractivity contribution in [1.82, 2.24) is 15.3 Å². The molecule has 0 fully saturated rings. The molecule has 0 spiro atoms. The summed E-state index contributed by atoms with van der Waals surface area (Å²) in [6, 6.07) is 3.61. The molecule has 3 aromatic rings. The number of nitrogens with one attached hydrogen (secondary N) is 3. The van der Waals surface area contributed by atoms with Gasteiger partial charge in [0.15, 0.2) is 0 Å². The van der Waals surface area contributed by atoms with E-state index in [0.29, 0.717) is 28.4 Å². The van der Waals surface area contributed by atoms with Gasteiger partial charge in [-0.3, -0.25) is 0 Å². The Kier molecular flexibility index (Phi) is 5.25. The summed E-state index contributed by atoms with van der Waals surface area (Å²) in [6.45, 7) is 5.81. The van der Waals surface area contributed by atoms with E-state index in [1.54, 1.807) is 13.1 Å². The van der Waals surface area contributed by atoms with Gasteiger partial charge in [-0.05, 0) is 31.0 Å². The molecule has 2 amide bonds. The number of hydrogen-bond donors (Lipinski definition) is 3. The third kappa shape index (κ3) is 3.99. The van der Waals surface area contributed by atoms with Crippen molar-refractivity contribution in [3.05, 3.63) is 47.7 Å². The molecule has 0 aliphatic heterocycles. The Hall–Kier alpha value is -3.16. The van der Waals surface area contributed by atoms with Crippen molar-refractivity contribution < 1.29 is 13.6 Å². The summed E-state index contributed by atoms with van der Waals surface area (Å²) in [7, 11) is 1.71. The number of anilines is 2. The van der Waals surface area contributed by atoms with Crippen LogP contribution in [0, 0.1) is 18.7 Å². The van der Waals surface area contributed by atoms with Gasteiger partial charge in [0, 0.05) is 18.0 Å². The number of carbonyl (C=O) groups is 1. The third-order valence-corrected chi connectivity index (χ3v) is 4.30. The van der Waals surface area contributed by atoms with E-state index in [2.05, 4.69) is 25.9 Å². The maximum Gasteiger partial charge on any atom is 0.319 e. The molecule has 0 unspecified atom stereocenters. The van der Waals surface area contributed by atoms with Crippen molar-refractivity contribution in [3.8, 4) is 0 Å². The normalized spacial score (nSPS) is 12.2. The molecule has 3 rings (SSSR count). The number of halogens is 1. The number of hydrogen-bond acceptors (Lipinski definition) is 5. The van der Waals surface area contributed by atoms with E-state index in [9.17, 15) is 9.18 Å². The molecule has 0 aliphatic carbocycles. The molecule has 0 bridgehead atoms. The first-order valence-corrected chi connectivity index (χ1v) is 8.65. The number of rotatable bonds is 5. The van der Waals surface area contributed by atoms with Gasteiger partial charge < -0.3 is 20.4 Å². The molecule has 0 saturated heterocycles. The molecule has 8 heteroatoms. The first-order chi connectivity index (χ1) is 12.9. The van der Waals surface area contributed by atoms with Crippen molar-refractivity contribution in [3.63, 3.8) is 0 Å². The third-order valence-electron chi connectivity index (χ3n) is 4.30. The number of benzene rings is 1. The number of amides is 2. The zero-order chi connectivity index (χ0) is 19.6. The second-order valence-corrected chi connectivity index (χ2v) is 6.60. The van der Waals surface area contributed by atoms with E-state index in [1.807, 2.05) is 20.8 Å². The minimum Gasteiger partial charge on any atom is -0.459 e. The van der Waals surface area contributed by atoms with Crippen LogP contribution >= 0.6 is 0 Å². The van der Waals surface area contributed by atoms with Gasteiger partial charge in [0.25, 0.3) is 0 Å². The summed E-state index contributed by atoms with van der Waals surface area (Å²) in [5.74, 6) is 0.811. The molecular formula is C19H22FN5O2. The lowest BCUT2D eigenvalue weighted by atomic mass is 9.98. The van der Waals surface area contributed by atoms with Gasteiger partial charge in [0.1, 0.15) is 17.2 Å². The number of carbonyl (C=O) groups excluding carboxylic acids is 1. The maximum absolute atomic E-state index is 13.6. The average Bonchev–Trinajstić information content (AvgIpc) is 2.96. The minimum atomic E-state index is -0.402. The first-order valence-electron chi connectivity index (χ1n) is 8.65. The lowest BCUT2D eigenvalue weighted by Gasteiger charge is -2.21. The fourth-order valence-electron chi connectivity index (χ4n) is 2.87. The van der Waals surface area contributed by atoms with Gasteiger partial charge in [-0.15, -0.1) is 0 Å². The largest absolute Gasteiger partial charge is 0.459 e. The smallest absolute Gasteiger partial charge is 0.319 e. The lowest BCUT2D eigenvalue weighted by Crippen LogP contribution is -2.35. The van der Waals surface area contributed by atoms with Gasteiger partial charge in [0.05, 0.1) is 24.1 Å². The highest BCUT2D eigenvalue weighted by molar-refractivity contribution is 5.89. The summed E-state index contributed by atoms with van der Waals surface area (Å²) in [5.41, 5.74) is 1.87. The lowest BCUT2D eigenvalue weighted by molar-refractivity contribution is 0.241.